The van der Waals surface area contributed by atoms with Crippen molar-refractivity contribution >= 4 is 15.7 Å². The molecule has 1 fully saturated rings. The molecule has 31 heavy (non-hydrogen) atoms. The van der Waals surface area contributed by atoms with Gasteiger partial charge in [0.05, 0.1) is 28.3 Å². The van der Waals surface area contributed by atoms with Gasteiger partial charge >= 0.3 is 0 Å². The summed E-state index contributed by atoms with van der Waals surface area (Å²) in [5.41, 5.74) is 2.89. The highest BCUT2D eigenvalue weighted by Crippen LogP contribution is 2.26. The number of amides is 1. The summed E-state index contributed by atoms with van der Waals surface area (Å²) in [7, 11) is -3.23. The van der Waals surface area contributed by atoms with Crippen LogP contribution in [0.1, 0.15) is 31.2 Å². The molecule has 0 aliphatic carbocycles. The molecule has 0 spiro atoms. The first-order valence-corrected chi connectivity index (χ1v) is 12.1. The zero-order chi connectivity index (χ0) is 22.2. The number of pyridine rings is 1. The highest BCUT2D eigenvalue weighted by molar-refractivity contribution is 7.90. The van der Waals surface area contributed by atoms with E-state index in [4.69, 9.17) is 4.42 Å². The number of oxazole rings is 1. The van der Waals surface area contributed by atoms with Gasteiger partial charge in [0, 0.05) is 30.6 Å². The average molecular weight is 440 g/mol. The molecule has 0 saturated carbocycles. The van der Waals surface area contributed by atoms with E-state index in [1.165, 1.54) is 6.26 Å². The fourth-order valence-electron chi connectivity index (χ4n) is 3.83. The summed E-state index contributed by atoms with van der Waals surface area (Å²) in [5, 5.41) is 0. The number of nitrogens with zero attached hydrogens (tertiary/aromatic N) is 3. The molecule has 3 heterocycles. The minimum absolute atomic E-state index is 0.0824. The van der Waals surface area contributed by atoms with Gasteiger partial charge in [-0.25, -0.2) is 13.4 Å². The van der Waals surface area contributed by atoms with Gasteiger partial charge in [-0.15, -0.1) is 0 Å². The highest BCUT2D eigenvalue weighted by Gasteiger charge is 2.26. The predicted octanol–water partition coefficient (Wildman–Crippen LogP) is 3.67. The molecule has 8 heteroatoms. The molecule has 162 valence electrons. The average Bonchev–Trinajstić information content (AvgIpc) is 3.33. The molecule has 1 aliphatic heterocycles. The number of sulfone groups is 1. The van der Waals surface area contributed by atoms with E-state index in [1.807, 2.05) is 24.0 Å². The van der Waals surface area contributed by atoms with Crippen LogP contribution >= 0.6 is 0 Å². The van der Waals surface area contributed by atoms with Gasteiger partial charge in [0.15, 0.2) is 9.84 Å². The van der Waals surface area contributed by atoms with E-state index in [9.17, 15) is 13.2 Å². The van der Waals surface area contributed by atoms with Crippen LogP contribution in [-0.4, -0.2) is 48.0 Å². The van der Waals surface area contributed by atoms with E-state index in [0.29, 0.717) is 28.6 Å². The first-order valence-electron chi connectivity index (χ1n) is 10.2. The Labute approximate surface area is 182 Å². The fraction of sp³-hybridized carbons (Fsp3) is 0.348. The van der Waals surface area contributed by atoms with Gasteiger partial charge in [-0.05, 0) is 51.0 Å². The Bertz CT molecular complexity index is 1200. The third-order valence-corrected chi connectivity index (χ3v) is 6.80. The molecule has 7 nitrogen and oxygen atoms in total. The van der Waals surface area contributed by atoms with Gasteiger partial charge in [-0.3, -0.25) is 9.78 Å². The number of aryl methyl sites for hydroxylation is 1. The summed E-state index contributed by atoms with van der Waals surface area (Å²) in [5.74, 6) is 1.15. The fourth-order valence-corrected chi connectivity index (χ4v) is 4.46. The van der Waals surface area contributed by atoms with E-state index >= 15 is 0 Å². The summed E-state index contributed by atoms with van der Waals surface area (Å²) in [6.45, 7) is 4.70. The van der Waals surface area contributed by atoms with Crippen LogP contribution < -0.4 is 0 Å². The molecular weight excluding hydrogens is 414 g/mol. The quantitative estimate of drug-likeness (QED) is 0.602. The third-order valence-electron chi connectivity index (χ3n) is 5.67. The molecule has 1 saturated heterocycles. The first-order chi connectivity index (χ1) is 14.7. The second-order valence-electron chi connectivity index (χ2n) is 8.01. The van der Waals surface area contributed by atoms with Crippen molar-refractivity contribution in [2.24, 2.45) is 0 Å². The van der Waals surface area contributed by atoms with Crippen LogP contribution in [0.2, 0.25) is 0 Å². The zero-order valence-electron chi connectivity index (χ0n) is 17.8. The van der Waals surface area contributed by atoms with Crippen LogP contribution in [0.25, 0.3) is 22.7 Å². The van der Waals surface area contributed by atoms with Crippen LogP contribution in [0, 0.1) is 6.92 Å². The first kappa shape index (κ1) is 21.2. The van der Waals surface area contributed by atoms with Crippen molar-refractivity contribution in [1.29, 1.82) is 0 Å². The molecule has 0 unspecified atom stereocenters. The van der Waals surface area contributed by atoms with Crippen molar-refractivity contribution in [1.82, 2.24) is 14.9 Å². The Morgan fingerprint density at radius 2 is 1.87 bits per heavy atom. The van der Waals surface area contributed by atoms with Crippen molar-refractivity contribution in [2.45, 2.75) is 44.0 Å². The van der Waals surface area contributed by atoms with Gasteiger partial charge in [-0.1, -0.05) is 12.1 Å². The van der Waals surface area contributed by atoms with Crippen molar-refractivity contribution in [3.63, 3.8) is 0 Å². The van der Waals surface area contributed by atoms with Crippen molar-refractivity contribution in [2.75, 3.05) is 12.8 Å². The molecule has 1 amide bonds. The molecule has 0 N–H and O–H groups in total. The lowest BCUT2D eigenvalue weighted by Crippen LogP contribution is -2.34. The normalized spacial score (nSPS) is 16.6. The van der Waals surface area contributed by atoms with E-state index in [1.54, 1.807) is 30.5 Å². The number of hydrogen-bond donors (Lipinski definition) is 0. The summed E-state index contributed by atoms with van der Waals surface area (Å²) >= 11 is 0. The van der Waals surface area contributed by atoms with Crippen LogP contribution in [0.3, 0.4) is 0 Å². The maximum Gasteiger partial charge on any atom is 0.228 e. The monoisotopic (exact) mass is 439 g/mol. The minimum atomic E-state index is -3.23. The topological polar surface area (TPSA) is 93.4 Å². The number of carbonyl (C=O) groups excluding carboxylic acids is 1. The van der Waals surface area contributed by atoms with Crippen molar-refractivity contribution < 1.29 is 17.6 Å². The Hall–Kier alpha value is -3.00. The van der Waals surface area contributed by atoms with Gasteiger partial charge in [0.25, 0.3) is 0 Å². The summed E-state index contributed by atoms with van der Waals surface area (Å²) < 4.78 is 29.0. The van der Waals surface area contributed by atoms with Gasteiger partial charge in [-0.2, -0.15) is 0 Å². The van der Waals surface area contributed by atoms with Crippen LogP contribution in [-0.2, 0) is 21.1 Å². The molecule has 2 aromatic heterocycles. The maximum absolute atomic E-state index is 12.6. The van der Waals surface area contributed by atoms with Gasteiger partial charge in [0.2, 0.25) is 11.8 Å². The number of hydrogen-bond acceptors (Lipinski definition) is 6. The number of likely N-dealkylation sites (tertiary alicyclic amines) is 1. The molecule has 0 radical (unpaired) electrons. The molecule has 1 aliphatic rings. The zero-order valence-corrected chi connectivity index (χ0v) is 18.6. The minimum Gasteiger partial charge on any atom is -0.441 e. The predicted molar refractivity (Wildman–Crippen MR) is 117 cm³/mol. The molecule has 4 rings (SSSR count). The lowest BCUT2D eigenvalue weighted by atomic mass is 10.1. The standard InChI is InChI=1S/C23H25N3O4S/c1-15-5-4-12-26(15)22(27)13-21-16(2)30-23(25-21)18-8-11-20(24-14-18)17-6-9-19(10-7-17)31(3,28)29/h6-11,14-15H,4-5,12-13H2,1-3H3/t15-/m1/s1. The Morgan fingerprint density at radius 3 is 2.45 bits per heavy atom. The Balaban J connectivity index is 1.50. The molecule has 3 aromatic rings. The molecule has 0 bridgehead atoms. The van der Waals surface area contributed by atoms with Crippen molar-refractivity contribution in [3.05, 3.63) is 54.0 Å². The maximum atomic E-state index is 12.6. The van der Waals surface area contributed by atoms with Crippen LogP contribution in [0.4, 0.5) is 0 Å². The third kappa shape index (κ3) is 4.54. The lowest BCUT2D eigenvalue weighted by Gasteiger charge is -2.20. The summed E-state index contributed by atoms with van der Waals surface area (Å²) in [6.07, 6.45) is 5.17. The van der Waals surface area contributed by atoms with E-state index < -0.39 is 9.84 Å². The molecule has 1 aromatic carbocycles. The van der Waals surface area contributed by atoms with E-state index in [0.717, 1.165) is 24.9 Å². The largest absolute Gasteiger partial charge is 0.441 e. The van der Waals surface area contributed by atoms with Gasteiger partial charge < -0.3 is 9.32 Å². The van der Waals surface area contributed by atoms with Crippen molar-refractivity contribution in [3.8, 4) is 22.7 Å². The number of carbonyl (C=O) groups is 1. The SMILES string of the molecule is Cc1oc(-c2ccc(-c3ccc(S(C)(=O)=O)cc3)nc2)nc1CC(=O)N1CCC[C@H]1C. The van der Waals surface area contributed by atoms with Gasteiger partial charge in [0.1, 0.15) is 5.76 Å². The number of aromatic nitrogens is 2. The number of benzene rings is 1. The smallest absolute Gasteiger partial charge is 0.228 e. The second-order valence-corrected chi connectivity index (χ2v) is 10.0. The highest BCUT2D eigenvalue weighted by atomic mass is 32.2. The summed E-state index contributed by atoms with van der Waals surface area (Å²) in [6, 6.07) is 10.6. The summed E-state index contributed by atoms with van der Waals surface area (Å²) in [4.78, 5) is 23.8. The Morgan fingerprint density at radius 1 is 1.16 bits per heavy atom. The molecule has 1 atom stereocenters. The van der Waals surface area contributed by atoms with Crippen LogP contribution in [0.15, 0.2) is 51.9 Å². The van der Waals surface area contributed by atoms with E-state index in [2.05, 4.69) is 16.9 Å². The van der Waals surface area contributed by atoms with Crippen LogP contribution in [0.5, 0.6) is 0 Å². The lowest BCUT2D eigenvalue weighted by molar-refractivity contribution is -0.131. The second kappa shape index (κ2) is 8.26. The molecular formula is C23H25N3O4S. The van der Waals surface area contributed by atoms with E-state index in [-0.39, 0.29) is 23.3 Å². The number of rotatable bonds is 5. The Kier molecular flexibility index (Phi) is 5.66.